The molecule has 2 aromatic rings. The van der Waals surface area contributed by atoms with E-state index in [0.717, 1.165) is 12.3 Å². The van der Waals surface area contributed by atoms with Crippen LogP contribution in [0.25, 0.3) is 0 Å². The number of non-ortho nitro benzene ring substituents is 1. The Bertz CT molecular complexity index is 986. The monoisotopic (exact) mass is 387 g/mol. The van der Waals surface area contributed by atoms with Gasteiger partial charge in [0.15, 0.2) is 0 Å². The summed E-state index contributed by atoms with van der Waals surface area (Å²) in [6, 6.07) is 7.32. The van der Waals surface area contributed by atoms with Crippen molar-refractivity contribution in [2.75, 3.05) is 5.32 Å². The number of carbonyl (C=O) groups excluding carboxylic acids is 2. The summed E-state index contributed by atoms with van der Waals surface area (Å²) in [5.41, 5.74) is 1.00. The van der Waals surface area contributed by atoms with Crippen molar-refractivity contribution in [1.29, 1.82) is 0 Å². The van der Waals surface area contributed by atoms with Crippen molar-refractivity contribution in [3.8, 4) is 5.75 Å². The van der Waals surface area contributed by atoms with E-state index in [9.17, 15) is 34.9 Å². The lowest BCUT2D eigenvalue weighted by atomic mass is 10.1. The maximum Gasteiger partial charge on any atom is 0.318 e. The van der Waals surface area contributed by atoms with Gasteiger partial charge in [0.1, 0.15) is 0 Å². The van der Waals surface area contributed by atoms with Gasteiger partial charge >= 0.3 is 5.69 Å². The molecule has 2 aromatic carbocycles. The predicted octanol–water partition coefficient (Wildman–Crippen LogP) is 1.93. The zero-order valence-corrected chi connectivity index (χ0v) is 14.3. The number of hydrogen-bond donors (Lipinski definition) is 3. The van der Waals surface area contributed by atoms with E-state index >= 15 is 0 Å². The number of phenols is 1. The van der Waals surface area contributed by atoms with Crippen molar-refractivity contribution < 1.29 is 24.5 Å². The summed E-state index contributed by atoms with van der Waals surface area (Å²) < 4.78 is 0. The highest BCUT2D eigenvalue weighted by Gasteiger charge is 2.23. The third-order valence-corrected chi connectivity index (χ3v) is 3.35. The van der Waals surface area contributed by atoms with Crippen molar-refractivity contribution in [3.63, 3.8) is 0 Å². The Morgan fingerprint density at radius 1 is 1.11 bits per heavy atom. The van der Waals surface area contributed by atoms with Gasteiger partial charge in [0.25, 0.3) is 11.6 Å². The molecule has 0 unspecified atom stereocenters. The molecule has 0 spiro atoms. The maximum absolute atomic E-state index is 12.0. The Morgan fingerprint density at radius 3 is 2.29 bits per heavy atom. The topological polar surface area (TPSA) is 177 Å². The van der Waals surface area contributed by atoms with Crippen LogP contribution in [0.5, 0.6) is 5.75 Å². The van der Waals surface area contributed by atoms with Gasteiger partial charge in [-0.3, -0.25) is 29.8 Å². The molecule has 0 aromatic heterocycles. The van der Waals surface area contributed by atoms with Crippen molar-refractivity contribution in [2.24, 2.45) is 5.10 Å². The molecule has 28 heavy (non-hydrogen) atoms. The molecule has 0 aliphatic carbocycles. The Morgan fingerprint density at radius 2 is 1.75 bits per heavy atom. The minimum atomic E-state index is -0.977. The van der Waals surface area contributed by atoms with E-state index in [2.05, 4.69) is 15.8 Å². The van der Waals surface area contributed by atoms with Crippen LogP contribution in [0.1, 0.15) is 22.8 Å². The van der Waals surface area contributed by atoms with Crippen molar-refractivity contribution >= 4 is 35.1 Å². The standard InChI is InChI=1S/C16H13N5O7/c1-9(22)18-12-4-2-10(3-5-12)16(24)19-17-8-11-6-13(20(25)26)7-14(15(11)23)21(27)28/h2-8,23H,1H3,(H,18,22)(H,19,24). The summed E-state index contributed by atoms with van der Waals surface area (Å²) in [5, 5.41) is 37.7. The first-order valence-electron chi connectivity index (χ1n) is 7.56. The molecule has 0 radical (unpaired) electrons. The van der Waals surface area contributed by atoms with Gasteiger partial charge in [-0.15, -0.1) is 0 Å². The molecule has 0 saturated heterocycles. The Hall–Kier alpha value is -4.35. The third kappa shape index (κ3) is 4.85. The van der Waals surface area contributed by atoms with E-state index < -0.39 is 32.9 Å². The van der Waals surface area contributed by atoms with E-state index in [0.29, 0.717) is 11.8 Å². The van der Waals surface area contributed by atoms with Gasteiger partial charge in [0.05, 0.1) is 27.7 Å². The summed E-state index contributed by atoms with van der Waals surface area (Å²) in [5.74, 6) is -1.74. The minimum absolute atomic E-state index is 0.195. The van der Waals surface area contributed by atoms with Crippen molar-refractivity contribution in [1.82, 2.24) is 5.43 Å². The van der Waals surface area contributed by atoms with Gasteiger partial charge < -0.3 is 10.4 Å². The Balaban J connectivity index is 2.17. The molecule has 12 heteroatoms. The second-order valence-electron chi connectivity index (χ2n) is 5.37. The average Bonchev–Trinajstić information content (AvgIpc) is 2.62. The first kappa shape index (κ1) is 20.0. The van der Waals surface area contributed by atoms with Gasteiger partial charge in [-0.25, -0.2) is 5.43 Å². The number of benzene rings is 2. The van der Waals surface area contributed by atoms with E-state index in [1.807, 2.05) is 0 Å². The van der Waals surface area contributed by atoms with Crippen LogP contribution in [0.15, 0.2) is 41.5 Å². The molecule has 12 nitrogen and oxygen atoms in total. The van der Waals surface area contributed by atoms with Crippen molar-refractivity contribution in [2.45, 2.75) is 6.92 Å². The van der Waals surface area contributed by atoms with Crippen LogP contribution in [-0.4, -0.2) is 33.0 Å². The predicted molar refractivity (Wildman–Crippen MR) is 97.2 cm³/mol. The second kappa shape index (κ2) is 8.35. The zero-order chi connectivity index (χ0) is 20.8. The molecule has 2 rings (SSSR count). The summed E-state index contributed by atoms with van der Waals surface area (Å²) in [6.07, 6.45) is 0.846. The largest absolute Gasteiger partial charge is 0.502 e. The zero-order valence-electron chi connectivity index (χ0n) is 14.3. The summed E-state index contributed by atoms with van der Waals surface area (Å²) >= 11 is 0. The quantitative estimate of drug-likeness (QED) is 0.385. The van der Waals surface area contributed by atoms with Crippen LogP contribution >= 0.6 is 0 Å². The molecule has 3 N–H and O–H groups in total. The normalized spacial score (nSPS) is 10.5. The summed E-state index contributed by atoms with van der Waals surface area (Å²) in [7, 11) is 0. The number of nitrogens with zero attached hydrogens (tertiary/aromatic N) is 3. The van der Waals surface area contributed by atoms with E-state index in [-0.39, 0.29) is 17.0 Å². The lowest BCUT2D eigenvalue weighted by molar-refractivity contribution is -0.394. The maximum atomic E-state index is 12.0. The lowest BCUT2D eigenvalue weighted by Gasteiger charge is -2.04. The lowest BCUT2D eigenvalue weighted by Crippen LogP contribution is -2.17. The van der Waals surface area contributed by atoms with Crippen LogP contribution in [0.4, 0.5) is 17.1 Å². The number of rotatable bonds is 6. The number of phenolic OH excluding ortho intramolecular Hbond substituents is 1. The number of carbonyl (C=O) groups is 2. The highest BCUT2D eigenvalue weighted by Crippen LogP contribution is 2.33. The van der Waals surface area contributed by atoms with Gasteiger partial charge in [-0.2, -0.15) is 5.10 Å². The van der Waals surface area contributed by atoms with E-state index in [1.54, 1.807) is 0 Å². The molecular formula is C16H13N5O7. The van der Waals surface area contributed by atoms with Crippen molar-refractivity contribution in [3.05, 3.63) is 67.8 Å². The van der Waals surface area contributed by atoms with Crippen LogP contribution < -0.4 is 10.7 Å². The molecular weight excluding hydrogens is 374 g/mol. The fourth-order valence-corrected chi connectivity index (χ4v) is 2.10. The van der Waals surface area contributed by atoms with E-state index in [1.165, 1.54) is 31.2 Å². The van der Waals surface area contributed by atoms with Crippen LogP contribution in [0, 0.1) is 20.2 Å². The molecule has 0 fully saturated rings. The molecule has 0 bridgehead atoms. The highest BCUT2D eigenvalue weighted by atomic mass is 16.6. The number of amides is 2. The number of nitro benzene ring substituents is 2. The van der Waals surface area contributed by atoms with Crippen LogP contribution in [-0.2, 0) is 4.79 Å². The first-order chi connectivity index (χ1) is 13.2. The molecule has 0 aliphatic heterocycles. The van der Waals surface area contributed by atoms with Gasteiger partial charge in [0, 0.05) is 24.2 Å². The third-order valence-electron chi connectivity index (χ3n) is 3.35. The number of nitrogens with one attached hydrogen (secondary N) is 2. The highest BCUT2D eigenvalue weighted by molar-refractivity contribution is 5.96. The Labute approximate surface area is 156 Å². The first-order valence-corrected chi connectivity index (χ1v) is 7.56. The fraction of sp³-hybridized carbons (Fsp3) is 0.0625. The smallest absolute Gasteiger partial charge is 0.318 e. The van der Waals surface area contributed by atoms with Crippen LogP contribution in [0.2, 0.25) is 0 Å². The van der Waals surface area contributed by atoms with E-state index in [4.69, 9.17) is 0 Å². The Kier molecular flexibility index (Phi) is 5.96. The molecule has 0 heterocycles. The minimum Gasteiger partial charge on any atom is -0.502 e. The molecule has 0 atom stereocenters. The fourth-order valence-electron chi connectivity index (χ4n) is 2.10. The second-order valence-corrected chi connectivity index (χ2v) is 5.37. The number of hydrazone groups is 1. The number of aromatic hydroxyl groups is 1. The van der Waals surface area contributed by atoms with Gasteiger partial charge in [0.2, 0.25) is 11.7 Å². The molecule has 0 aliphatic rings. The number of nitro groups is 2. The number of anilines is 1. The molecule has 2 amide bonds. The SMILES string of the molecule is CC(=O)Nc1ccc(C(=O)NN=Cc2cc([N+](=O)[O-])cc([N+](=O)[O-])c2O)cc1. The average molecular weight is 387 g/mol. The van der Waals surface area contributed by atoms with Gasteiger partial charge in [-0.1, -0.05) is 0 Å². The van der Waals surface area contributed by atoms with Gasteiger partial charge in [-0.05, 0) is 24.3 Å². The molecule has 144 valence electrons. The summed E-state index contributed by atoms with van der Waals surface area (Å²) in [4.78, 5) is 42.9. The summed E-state index contributed by atoms with van der Waals surface area (Å²) in [6.45, 7) is 1.34. The van der Waals surface area contributed by atoms with Crippen LogP contribution in [0.3, 0.4) is 0 Å². The number of hydrogen-bond acceptors (Lipinski definition) is 8. The molecule has 0 saturated carbocycles.